The topological polar surface area (TPSA) is 47.3 Å². The lowest BCUT2D eigenvalue weighted by Crippen LogP contribution is -2.40. The predicted octanol–water partition coefficient (Wildman–Crippen LogP) is 3.89. The second kappa shape index (κ2) is 5.61. The van der Waals surface area contributed by atoms with E-state index in [2.05, 4.69) is 21.2 Å². The summed E-state index contributed by atoms with van der Waals surface area (Å²) in [5.41, 5.74) is 7.80. The van der Waals surface area contributed by atoms with E-state index in [1.165, 1.54) is 0 Å². The molecule has 0 saturated carbocycles. The van der Waals surface area contributed by atoms with Crippen LogP contribution in [0.15, 0.2) is 46.9 Å². The van der Waals surface area contributed by atoms with Gasteiger partial charge in [-0.15, -0.1) is 0 Å². The molecule has 3 nitrogen and oxygen atoms in total. The molecular weight excluding hydrogens is 352 g/mol. The van der Waals surface area contributed by atoms with Crippen LogP contribution in [-0.2, 0) is 10.5 Å². The van der Waals surface area contributed by atoms with Gasteiger partial charge in [0.2, 0.25) is 0 Å². The molecule has 3 N–H and O–H groups in total. The van der Waals surface area contributed by atoms with Crippen molar-refractivity contribution in [1.82, 2.24) is 5.32 Å². The van der Waals surface area contributed by atoms with Gasteiger partial charge in [-0.25, -0.2) is 0 Å². The Morgan fingerprint density at radius 3 is 2.71 bits per heavy atom. The molecule has 5 heteroatoms. The van der Waals surface area contributed by atoms with Gasteiger partial charge in [0, 0.05) is 32.9 Å². The number of hydrogen-bond acceptors (Lipinski definition) is 3. The Balaban J connectivity index is 2.24. The van der Waals surface area contributed by atoms with Crippen LogP contribution in [0, 0.1) is 0 Å². The average molecular weight is 368 g/mol. The number of ether oxygens (including phenoxy) is 1. The smallest absolute Gasteiger partial charge is 0.175 e. The molecule has 0 aromatic heterocycles. The fourth-order valence-corrected chi connectivity index (χ4v) is 3.35. The molecule has 0 radical (unpaired) electrons. The third-order valence-electron chi connectivity index (χ3n) is 3.66. The van der Waals surface area contributed by atoms with Crippen molar-refractivity contribution >= 4 is 33.2 Å². The summed E-state index contributed by atoms with van der Waals surface area (Å²) in [5, 5.41) is 4.11. The zero-order chi connectivity index (χ0) is 15.0. The van der Waals surface area contributed by atoms with Gasteiger partial charge >= 0.3 is 0 Å². The van der Waals surface area contributed by atoms with Crippen LogP contribution in [-0.4, -0.2) is 12.6 Å². The fourth-order valence-electron chi connectivity index (χ4n) is 2.72. The highest BCUT2D eigenvalue weighted by molar-refractivity contribution is 9.10. The first-order valence-corrected chi connectivity index (χ1v) is 7.93. The maximum absolute atomic E-state index is 6.41. The molecule has 1 fully saturated rings. The van der Waals surface area contributed by atoms with Crippen molar-refractivity contribution in [2.45, 2.75) is 18.8 Å². The monoisotopic (exact) mass is 366 g/mol. The molecule has 1 saturated heterocycles. The fraction of sp³-hybridized carbons (Fsp3) is 0.250. The molecule has 0 spiro atoms. The first-order valence-electron chi connectivity index (χ1n) is 6.76. The molecule has 21 heavy (non-hydrogen) atoms. The van der Waals surface area contributed by atoms with E-state index in [0.717, 1.165) is 22.1 Å². The molecule has 2 aromatic carbocycles. The molecule has 1 aliphatic rings. The zero-order valence-electron chi connectivity index (χ0n) is 11.6. The Kier molecular flexibility index (Phi) is 3.97. The van der Waals surface area contributed by atoms with E-state index in [-0.39, 0.29) is 6.10 Å². The van der Waals surface area contributed by atoms with Crippen molar-refractivity contribution in [2.75, 3.05) is 12.3 Å². The molecule has 2 aromatic rings. The van der Waals surface area contributed by atoms with Crippen LogP contribution >= 0.6 is 27.5 Å². The normalized spacial score (nSPS) is 25.2. The Bertz CT molecular complexity index is 679. The van der Waals surface area contributed by atoms with Crippen molar-refractivity contribution in [3.63, 3.8) is 0 Å². The van der Waals surface area contributed by atoms with Gasteiger partial charge in [0.1, 0.15) is 0 Å². The van der Waals surface area contributed by atoms with Crippen LogP contribution in [0.4, 0.5) is 5.69 Å². The first kappa shape index (κ1) is 14.9. The minimum Gasteiger partial charge on any atom is -0.398 e. The lowest BCUT2D eigenvalue weighted by molar-refractivity contribution is -0.0164. The summed E-state index contributed by atoms with van der Waals surface area (Å²) in [6.07, 6.45) is 0.0691. The molecule has 2 unspecified atom stereocenters. The molecule has 2 atom stereocenters. The molecule has 0 amide bonds. The summed E-state index contributed by atoms with van der Waals surface area (Å²) in [6, 6.07) is 13.4. The number of nitrogens with two attached hydrogens (primary N) is 1. The van der Waals surface area contributed by atoms with Gasteiger partial charge < -0.3 is 10.5 Å². The summed E-state index contributed by atoms with van der Waals surface area (Å²) < 4.78 is 7.19. The standard InChI is InChI=1S/C16H16BrClN2O/c1-10-9-20-16(21-10,12-4-2-3-5-14(12)18)13-8-11(17)6-7-15(13)19/h2-8,10,20H,9,19H2,1H3. The molecular formula is C16H16BrClN2O. The number of anilines is 1. The second-order valence-electron chi connectivity index (χ2n) is 5.20. The number of hydrogen-bond donors (Lipinski definition) is 2. The molecule has 1 heterocycles. The highest BCUT2D eigenvalue weighted by Crippen LogP contribution is 2.42. The van der Waals surface area contributed by atoms with Crippen molar-refractivity contribution in [2.24, 2.45) is 0 Å². The van der Waals surface area contributed by atoms with Crippen LogP contribution < -0.4 is 11.1 Å². The van der Waals surface area contributed by atoms with Gasteiger partial charge in [-0.3, -0.25) is 5.32 Å². The van der Waals surface area contributed by atoms with Crippen molar-refractivity contribution in [3.8, 4) is 0 Å². The minimum atomic E-state index is -0.814. The lowest BCUT2D eigenvalue weighted by atomic mass is 9.93. The van der Waals surface area contributed by atoms with Crippen LogP contribution in [0.5, 0.6) is 0 Å². The van der Waals surface area contributed by atoms with Gasteiger partial charge in [-0.2, -0.15) is 0 Å². The number of benzene rings is 2. The van der Waals surface area contributed by atoms with Crippen molar-refractivity contribution < 1.29 is 4.74 Å². The van der Waals surface area contributed by atoms with Gasteiger partial charge in [-0.1, -0.05) is 45.7 Å². The van der Waals surface area contributed by atoms with Crippen LogP contribution in [0.25, 0.3) is 0 Å². The first-order chi connectivity index (χ1) is 10.0. The van der Waals surface area contributed by atoms with Crippen LogP contribution in [0.2, 0.25) is 5.02 Å². The Labute approximate surface area is 137 Å². The van der Waals surface area contributed by atoms with Gasteiger partial charge in [0.15, 0.2) is 5.72 Å². The summed E-state index contributed by atoms with van der Waals surface area (Å²) in [6.45, 7) is 2.76. The van der Waals surface area contributed by atoms with E-state index < -0.39 is 5.72 Å². The highest BCUT2D eigenvalue weighted by Gasteiger charge is 2.44. The molecule has 3 rings (SSSR count). The number of nitrogen functional groups attached to an aromatic ring is 1. The lowest BCUT2D eigenvalue weighted by Gasteiger charge is -2.32. The Hall–Kier alpha value is -1.07. The molecule has 0 aliphatic carbocycles. The number of rotatable bonds is 2. The Morgan fingerprint density at radius 2 is 2.05 bits per heavy atom. The molecule has 110 valence electrons. The number of nitrogens with one attached hydrogen (secondary N) is 1. The van der Waals surface area contributed by atoms with Crippen molar-refractivity contribution in [1.29, 1.82) is 0 Å². The van der Waals surface area contributed by atoms with E-state index in [1.54, 1.807) is 0 Å². The zero-order valence-corrected chi connectivity index (χ0v) is 13.9. The summed E-state index contributed by atoms with van der Waals surface area (Å²) >= 11 is 9.91. The summed E-state index contributed by atoms with van der Waals surface area (Å²) in [7, 11) is 0. The van der Waals surface area contributed by atoms with Gasteiger partial charge in [0.05, 0.1) is 6.10 Å². The largest absolute Gasteiger partial charge is 0.398 e. The maximum Gasteiger partial charge on any atom is 0.175 e. The minimum absolute atomic E-state index is 0.0691. The maximum atomic E-state index is 6.41. The second-order valence-corrected chi connectivity index (χ2v) is 6.52. The summed E-state index contributed by atoms with van der Waals surface area (Å²) in [5.74, 6) is 0. The van der Waals surface area contributed by atoms with E-state index in [9.17, 15) is 0 Å². The SMILES string of the molecule is CC1CNC(c2cc(Br)ccc2N)(c2ccccc2Cl)O1. The van der Waals surface area contributed by atoms with E-state index in [4.69, 9.17) is 22.1 Å². The Morgan fingerprint density at radius 1 is 1.29 bits per heavy atom. The van der Waals surface area contributed by atoms with Crippen LogP contribution in [0.1, 0.15) is 18.1 Å². The van der Waals surface area contributed by atoms with E-state index in [0.29, 0.717) is 10.7 Å². The van der Waals surface area contributed by atoms with Crippen molar-refractivity contribution in [3.05, 3.63) is 63.1 Å². The van der Waals surface area contributed by atoms with E-state index in [1.807, 2.05) is 49.4 Å². The summed E-state index contributed by atoms with van der Waals surface area (Å²) in [4.78, 5) is 0. The third-order valence-corrected chi connectivity index (χ3v) is 4.49. The van der Waals surface area contributed by atoms with Crippen LogP contribution in [0.3, 0.4) is 0 Å². The predicted molar refractivity (Wildman–Crippen MR) is 89.3 cm³/mol. The van der Waals surface area contributed by atoms with E-state index >= 15 is 0 Å². The quantitative estimate of drug-likeness (QED) is 0.792. The molecule has 1 aliphatic heterocycles. The van der Waals surface area contributed by atoms with Gasteiger partial charge in [0.25, 0.3) is 0 Å². The highest BCUT2D eigenvalue weighted by atomic mass is 79.9. The molecule has 0 bridgehead atoms. The average Bonchev–Trinajstić information content (AvgIpc) is 2.85. The number of halogens is 2. The third kappa shape index (κ3) is 2.57. The van der Waals surface area contributed by atoms with Gasteiger partial charge in [-0.05, 0) is 31.2 Å².